The highest BCUT2D eigenvalue weighted by atomic mass is 15.2. The van der Waals surface area contributed by atoms with Gasteiger partial charge in [-0.05, 0) is 71.4 Å². The van der Waals surface area contributed by atoms with Crippen molar-refractivity contribution in [1.82, 2.24) is 15.0 Å². The lowest BCUT2D eigenvalue weighted by Crippen LogP contribution is -2.33. The standard InChI is InChI=1S/C27H38N6/c1-9-26(5,6)22-29-23(27(7,8)33-19-14-11-10-12-15-19)31-24(30-22)28-20-16-13-17-21(18-20)32-25(2,3)4/h10-18,32-33H,9H2,1-8H3,(H,28,29,30,31). The number of nitrogens with one attached hydrogen (secondary N) is 3. The predicted octanol–water partition coefficient (Wildman–Crippen LogP) is 6.86. The molecule has 0 spiro atoms. The van der Waals surface area contributed by atoms with Crippen LogP contribution in [0.15, 0.2) is 54.6 Å². The SMILES string of the molecule is CCC(C)(C)c1nc(Nc2cccc(NC(C)(C)C)c2)nc(C(C)(C)Nc2ccccc2)n1. The number of hydrogen-bond acceptors (Lipinski definition) is 6. The lowest BCUT2D eigenvalue weighted by atomic mass is 9.89. The molecule has 0 atom stereocenters. The lowest BCUT2D eigenvalue weighted by Gasteiger charge is -2.29. The van der Waals surface area contributed by atoms with E-state index in [1.165, 1.54) is 0 Å². The lowest BCUT2D eigenvalue weighted by molar-refractivity contribution is 0.456. The van der Waals surface area contributed by atoms with E-state index >= 15 is 0 Å². The normalized spacial score (nSPS) is 12.4. The molecule has 0 radical (unpaired) electrons. The summed E-state index contributed by atoms with van der Waals surface area (Å²) in [6.45, 7) is 17.1. The van der Waals surface area contributed by atoms with Crippen LogP contribution in [0.2, 0.25) is 0 Å². The first-order valence-electron chi connectivity index (χ1n) is 11.6. The molecule has 0 saturated heterocycles. The predicted molar refractivity (Wildman–Crippen MR) is 139 cm³/mol. The quantitative estimate of drug-likeness (QED) is 0.351. The van der Waals surface area contributed by atoms with Crippen molar-refractivity contribution in [3.63, 3.8) is 0 Å². The van der Waals surface area contributed by atoms with E-state index in [0.29, 0.717) is 11.8 Å². The summed E-state index contributed by atoms with van der Waals surface area (Å²) < 4.78 is 0. The fourth-order valence-electron chi connectivity index (χ4n) is 3.35. The second kappa shape index (κ2) is 9.38. The average Bonchev–Trinajstić information content (AvgIpc) is 2.73. The van der Waals surface area contributed by atoms with E-state index < -0.39 is 5.54 Å². The second-order valence-electron chi connectivity index (χ2n) is 10.7. The summed E-state index contributed by atoms with van der Waals surface area (Å²) in [4.78, 5) is 14.6. The molecule has 0 aliphatic heterocycles. The number of aromatic nitrogens is 3. The number of rotatable bonds is 8. The number of anilines is 4. The zero-order chi connectivity index (χ0) is 24.3. The van der Waals surface area contributed by atoms with E-state index in [4.69, 9.17) is 15.0 Å². The van der Waals surface area contributed by atoms with Gasteiger partial charge in [-0.2, -0.15) is 9.97 Å². The largest absolute Gasteiger partial charge is 0.380 e. The van der Waals surface area contributed by atoms with Crippen LogP contribution in [-0.2, 0) is 11.0 Å². The van der Waals surface area contributed by atoms with Crippen LogP contribution in [0.5, 0.6) is 0 Å². The molecule has 0 fully saturated rings. The first-order chi connectivity index (χ1) is 15.4. The maximum Gasteiger partial charge on any atom is 0.230 e. The van der Waals surface area contributed by atoms with Gasteiger partial charge in [0.25, 0.3) is 0 Å². The molecule has 2 aromatic carbocycles. The van der Waals surface area contributed by atoms with Crippen LogP contribution in [0, 0.1) is 0 Å². The van der Waals surface area contributed by atoms with Gasteiger partial charge < -0.3 is 16.0 Å². The monoisotopic (exact) mass is 446 g/mol. The molecule has 0 unspecified atom stereocenters. The molecule has 176 valence electrons. The average molecular weight is 447 g/mol. The number of hydrogen-bond donors (Lipinski definition) is 3. The first-order valence-corrected chi connectivity index (χ1v) is 11.6. The number of para-hydroxylation sites is 1. The van der Waals surface area contributed by atoms with Crippen molar-refractivity contribution < 1.29 is 0 Å². The Kier molecular flexibility index (Phi) is 6.96. The van der Waals surface area contributed by atoms with Gasteiger partial charge in [0.1, 0.15) is 5.82 Å². The Labute approximate surface area is 198 Å². The van der Waals surface area contributed by atoms with E-state index in [2.05, 4.69) is 83.5 Å². The van der Waals surface area contributed by atoms with Gasteiger partial charge in [-0.1, -0.05) is 45.0 Å². The first kappa shape index (κ1) is 24.5. The van der Waals surface area contributed by atoms with E-state index in [1.807, 2.05) is 42.5 Å². The fraction of sp³-hybridized carbons (Fsp3) is 0.444. The summed E-state index contributed by atoms with van der Waals surface area (Å²) in [6.07, 6.45) is 0.924. The van der Waals surface area contributed by atoms with Gasteiger partial charge in [-0.3, -0.25) is 0 Å². The summed E-state index contributed by atoms with van der Waals surface area (Å²) in [6, 6.07) is 18.3. The zero-order valence-electron chi connectivity index (χ0n) is 21.2. The molecular formula is C27H38N6. The van der Waals surface area contributed by atoms with Crippen LogP contribution in [0.25, 0.3) is 0 Å². The number of nitrogens with zero attached hydrogens (tertiary/aromatic N) is 3. The van der Waals surface area contributed by atoms with Crippen LogP contribution >= 0.6 is 0 Å². The van der Waals surface area contributed by atoms with Gasteiger partial charge in [0, 0.05) is 28.0 Å². The van der Waals surface area contributed by atoms with Crippen LogP contribution < -0.4 is 16.0 Å². The van der Waals surface area contributed by atoms with Crippen molar-refractivity contribution in [2.75, 3.05) is 16.0 Å². The molecule has 3 N–H and O–H groups in total. The van der Waals surface area contributed by atoms with Crippen molar-refractivity contribution in [3.8, 4) is 0 Å². The molecule has 0 amide bonds. The molecule has 3 rings (SSSR count). The third-order valence-corrected chi connectivity index (χ3v) is 5.55. The molecular weight excluding hydrogens is 408 g/mol. The van der Waals surface area contributed by atoms with Gasteiger partial charge >= 0.3 is 0 Å². The molecule has 33 heavy (non-hydrogen) atoms. The Bertz CT molecular complexity index is 1070. The third-order valence-electron chi connectivity index (χ3n) is 5.55. The van der Waals surface area contributed by atoms with Crippen molar-refractivity contribution in [2.45, 2.75) is 78.3 Å². The summed E-state index contributed by atoms with van der Waals surface area (Å²) in [5.41, 5.74) is 2.30. The van der Waals surface area contributed by atoms with Crippen molar-refractivity contribution >= 4 is 23.0 Å². The molecule has 0 aliphatic carbocycles. The van der Waals surface area contributed by atoms with Gasteiger partial charge in [-0.25, -0.2) is 4.98 Å². The highest BCUT2D eigenvalue weighted by molar-refractivity contribution is 5.61. The summed E-state index contributed by atoms with van der Waals surface area (Å²) >= 11 is 0. The highest BCUT2D eigenvalue weighted by Crippen LogP contribution is 2.29. The fourth-order valence-corrected chi connectivity index (χ4v) is 3.35. The van der Waals surface area contributed by atoms with Crippen LogP contribution in [0.4, 0.5) is 23.0 Å². The maximum atomic E-state index is 4.91. The van der Waals surface area contributed by atoms with E-state index in [1.54, 1.807) is 0 Å². The molecule has 6 heteroatoms. The van der Waals surface area contributed by atoms with Gasteiger partial charge in [0.15, 0.2) is 5.82 Å². The molecule has 1 aromatic heterocycles. The van der Waals surface area contributed by atoms with Crippen molar-refractivity contribution in [2.24, 2.45) is 0 Å². The van der Waals surface area contributed by atoms with E-state index in [-0.39, 0.29) is 11.0 Å². The van der Waals surface area contributed by atoms with E-state index in [0.717, 1.165) is 29.3 Å². The summed E-state index contributed by atoms with van der Waals surface area (Å²) in [5.74, 6) is 2.03. The van der Waals surface area contributed by atoms with Gasteiger partial charge in [0.05, 0.1) is 5.54 Å². The van der Waals surface area contributed by atoms with Gasteiger partial charge in [0.2, 0.25) is 5.95 Å². The Hall–Kier alpha value is -3.15. The Morgan fingerprint density at radius 1 is 0.667 bits per heavy atom. The van der Waals surface area contributed by atoms with Crippen LogP contribution in [-0.4, -0.2) is 20.5 Å². The third kappa shape index (κ3) is 6.67. The summed E-state index contributed by atoms with van der Waals surface area (Å²) in [5, 5.41) is 10.5. The van der Waals surface area contributed by atoms with Gasteiger partial charge in [-0.15, -0.1) is 0 Å². The minimum Gasteiger partial charge on any atom is -0.380 e. The molecule has 1 heterocycles. The molecule has 3 aromatic rings. The molecule has 0 bridgehead atoms. The minimum atomic E-state index is -0.491. The van der Waals surface area contributed by atoms with Crippen LogP contribution in [0.1, 0.15) is 73.5 Å². The molecule has 0 aliphatic rings. The zero-order valence-corrected chi connectivity index (χ0v) is 21.2. The Balaban J connectivity index is 1.98. The molecule has 6 nitrogen and oxygen atoms in total. The Morgan fingerprint density at radius 3 is 1.91 bits per heavy atom. The maximum absolute atomic E-state index is 4.91. The topological polar surface area (TPSA) is 74.8 Å². The van der Waals surface area contributed by atoms with Crippen LogP contribution in [0.3, 0.4) is 0 Å². The minimum absolute atomic E-state index is 0.0234. The second-order valence-corrected chi connectivity index (χ2v) is 10.7. The Morgan fingerprint density at radius 2 is 1.27 bits per heavy atom. The highest BCUT2D eigenvalue weighted by Gasteiger charge is 2.29. The van der Waals surface area contributed by atoms with Crippen molar-refractivity contribution in [3.05, 3.63) is 66.2 Å². The van der Waals surface area contributed by atoms with E-state index in [9.17, 15) is 0 Å². The summed E-state index contributed by atoms with van der Waals surface area (Å²) in [7, 11) is 0. The smallest absolute Gasteiger partial charge is 0.230 e. The number of benzene rings is 2. The van der Waals surface area contributed by atoms with Crippen molar-refractivity contribution in [1.29, 1.82) is 0 Å². The molecule has 0 saturated carbocycles.